The molecule has 0 aromatic carbocycles. The maximum atomic E-state index is 8.93. The summed E-state index contributed by atoms with van der Waals surface area (Å²) in [6.07, 6.45) is 6.63. The van der Waals surface area contributed by atoms with Gasteiger partial charge >= 0.3 is 0 Å². The highest BCUT2D eigenvalue weighted by Gasteiger charge is 2.18. The summed E-state index contributed by atoms with van der Waals surface area (Å²) in [5, 5.41) is 17.7. The Morgan fingerprint density at radius 3 is 2.67 bits per heavy atom. The number of imidazole rings is 1. The zero-order chi connectivity index (χ0) is 10.7. The first-order chi connectivity index (χ1) is 7.35. The standard InChI is InChI=1S/C11H12N4/c12-5-10-11(6-13)15(8-14-10)7-9-3-1-2-4-9/h8-9H,1-4,7H2. The van der Waals surface area contributed by atoms with E-state index in [1.807, 2.05) is 16.7 Å². The van der Waals surface area contributed by atoms with E-state index in [1.165, 1.54) is 25.7 Å². The Morgan fingerprint density at radius 2 is 2.07 bits per heavy atom. The number of aromatic nitrogens is 2. The van der Waals surface area contributed by atoms with E-state index in [-0.39, 0.29) is 5.69 Å². The van der Waals surface area contributed by atoms with Gasteiger partial charge in [0.05, 0.1) is 6.33 Å². The fourth-order valence-electron chi connectivity index (χ4n) is 2.19. The quantitative estimate of drug-likeness (QED) is 0.731. The van der Waals surface area contributed by atoms with E-state index in [0.29, 0.717) is 11.6 Å². The summed E-state index contributed by atoms with van der Waals surface area (Å²) < 4.78 is 1.81. The van der Waals surface area contributed by atoms with E-state index in [2.05, 4.69) is 4.98 Å². The SMILES string of the molecule is N#Cc1ncn(CC2CCCC2)c1C#N. The lowest BCUT2D eigenvalue weighted by Gasteiger charge is -2.09. The second-order valence-electron chi connectivity index (χ2n) is 3.97. The lowest BCUT2D eigenvalue weighted by atomic mass is 10.1. The highest BCUT2D eigenvalue weighted by atomic mass is 15.1. The molecule has 1 aromatic rings. The van der Waals surface area contributed by atoms with Crippen LogP contribution in [0.25, 0.3) is 0 Å². The number of nitriles is 2. The van der Waals surface area contributed by atoms with Gasteiger partial charge in [-0.15, -0.1) is 0 Å². The molecule has 1 aliphatic rings. The molecule has 0 unspecified atom stereocenters. The summed E-state index contributed by atoms with van der Waals surface area (Å²) in [4.78, 5) is 3.93. The Balaban J connectivity index is 2.18. The van der Waals surface area contributed by atoms with Gasteiger partial charge in [0, 0.05) is 6.54 Å². The van der Waals surface area contributed by atoms with Crippen LogP contribution >= 0.6 is 0 Å². The molecular formula is C11H12N4. The van der Waals surface area contributed by atoms with Crippen LogP contribution in [-0.2, 0) is 6.54 Å². The summed E-state index contributed by atoms with van der Waals surface area (Å²) in [5.41, 5.74) is 0.653. The van der Waals surface area contributed by atoms with E-state index >= 15 is 0 Å². The number of rotatable bonds is 2. The van der Waals surface area contributed by atoms with Gasteiger partial charge in [-0.2, -0.15) is 10.5 Å². The van der Waals surface area contributed by atoms with Gasteiger partial charge < -0.3 is 4.57 Å². The first kappa shape index (κ1) is 9.73. The van der Waals surface area contributed by atoms with Crippen molar-refractivity contribution in [1.82, 2.24) is 9.55 Å². The third kappa shape index (κ3) is 1.85. The molecule has 1 saturated carbocycles. The molecule has 0 radical (unpaired) electrons. The lowest BCUT2D eigenvalue weighted by Crippen LogP contribution is -2.08. The topological polar surface area (TPSA) is 65.4 Å². The normalized spacial score (nSPS) is 16.1. The fourth-order valence-corrected chi connectivity index (χ4v) is 2.19. The van der Waals surface area contributed by atoms with Gasteiger partial charge in [-0.1, -0.05) is 12.8 Å². The van der Waals surface area contributed by atoms with E-state index in [4.69, 9.17) is 10.5 Å². The first-order valence-corrected chi connectivity index (χ1v) is 5.20. The van der Waals surface area contributed by atoms with Gasteiger partial charge in [-0.25, -0.2) is 4.98 Å². The minimum atomic E-state index is 0.246. The lowest BCUT2D eigenvalue weighted by molar-refractivity contribution is 0.455. The van der Waals surface area contributed by atoms with Gasteiger partial charge in [-0.05, 0) is 18.8 Å². The second kappa shape index (κ2) is 4.14. The Morgan fingerprint density at radius 1 is 1.33 bits per heavy atom. The predicted molar refractivity (Wildman–Crippen MR) is 53.6 cm³/mol. The molecule has 2 rings (SSSR count). The smallest absolute Gasteiger partial charge is 0.176 e. The van der Waals surface area contributed by atoms with E-state index in [1.54, 1.807) is 6.33 Å². The van der Waals surface area contributed by atoms with Crippen LogP contribution in [-0.4, -0.2) is 9.55 Å². The van der Waals surface area contributed by atoms with Crippen LogP contribution < -0.4 is 0 Å². The molecule has 1 fully saturated rings. The van der Waals surface area contributed by atoms with Crippen LogP contribution in [0.2, 0.25) is 0 Å². The first-order valence-electron chi connectivity index (χ1n) is 5.20. The molecule has 0 saturated heterocycles. The zero-order valence-corrected chi connectivity index (χ0v) is 8.48. The average molecular weight is 200 g/mol. The van der Waals surface area contributed by atoms with Crippen LogP contribution in [0, 0.1) is 28.6 Å². The summed E-state index contributed by atoms with van der Waals surface area (Å²) >= 11 is 0. The van der Waals surface area contributed by atoms with E-state index in [9.17, 15) is 0 Å². The zero-order valence-electron chi connectivity index (χ0n) is 8.48. The van der Waals surface area contributed by atoms with Crippen molar-refractivity contribution in [2.24, 2.45) is 5.92 Å². The Labute approximate surface area is 88.8 Å². The summed E-state index contributed by atoms with van der Waals surface area (Å²) in [6, 6.07) is 3.98. The van der Waals surface area contributed by atoms with Crippen molar-refractivity contribution in [3.8, 4) is 12.1 Å². The molecule has 0 bridgehead atoms. The summed E-state index contributed by atoms with van der Waals surface area (Å²) in [7, 11) is 0. The van der Waals surface area contributed by atoms with Gasteiger partial charge in [0.25, 0.3) is 0 Å². The van der Waals surface area contributed by atoms with E-state index < -0.39 is 0 Å². The molecule has 15 heavy (non-hydrogen) atoms. The number of nitrogens with zero attached hydrogens (tertiary/aromatic N) is 4. The molecule has 4 nitrogen and oxygen atoms in total. The highest BCUT2D eigenvalue weighted by Crippen LogP contribution is 2.26. The van der Waals surface area contributed by atoms with Crippen LogP contribution in [0.5, 0.6) is 0 Å². The summed E-state index contributed by atoms with van der Waals surface area (Å²) in [5.74, 6) is 0.651. The Kier molecular flexibility index (Phi) is 2.69. The molecule has 4 heteroatoms. The summed E-state index contributed by atoms with van der Waals surface area (Å²) in [6.45, 7) is 0.831. The fraction of sp³-hybridized carbons (Fsp3) is 0.545. The Hall–Kier alpha value is -1.81. The molecule has 0 atom stereocenters. The van der Waals surface area contributed by atoms with Crippen molar-refractivity contribution in [2.75, 3.05) is 0 Å². The van der Waals surface area contributed by atoms with Crippen molar-refractivity contribution in [1.29, 1.82) is 10.5 Å². The van der Waals surface area contributed by atoms with Gasteiger partial charge in [-0.3, -0.25) is 0 Å². The third-order valence-electron chi connectivity index (χ3n) is 2.98. The average Bonchev–Trinajstić information content (AvgIpc) is 2.87. The predicted octanol–water partition coefficient (Wildman–Crippen LogP) is 1.82. The van der Waals surface area contributed by atoms with Crippen molar-refractivity contribution >= 4 is 0 Å². The molecule has 0 amide bonds. The molecule has 1 aliphatic carbocycles. The van der Waals surface area contributed by atoms with Crippen LogP contribution in [0.4, 0.5) is 0 Å². The monoisotopic (exact) mass is 200 g/mol. The van der Waals surface area contributed by atoms with Gasteiger partial charge in [0.2, 0.25) is 0 Å². The third-order valence-corrected chi connectivity index (χ3v) is 2.98. The van der Waals surface area contributed by atoms with Gasteiger partial charge in [0.1, 0.15) is 12.1 Å². The van der Waals surface area contributed by atoms with Crippen LogP contribution in [0.3, 0.4) is 0 Å². The largest absolute Gasteiger partial charge is 0.321 e. The second-order valence-corrected chi connectivity index (χ2v) is 3.97. The molecule has 0 aliphatic heterocycles. The maximum absolute atomic E-state index is 8.93. The maximum Gasteiger partial charge on any atom is 0.176 e. The number of hydrogen-bond acceptors (Lipinski definition) is 3. The molecular weight excluding hydrogens is 188 g/mol. The molecule has 0 N–H and O–H groups in total. The minimum absolute atomic E-state index is 0.246. The van der Waals surface area contributed by atoms with Crippen molar-refractivity contribution in [3.63, 3.8) is 0 Å². The van der Waals surface area contributed by atoms with Crippen molar-refractivity contribution in [3.05, 3.63) is 17.7 Å². The van der Waals surface area contributed by atoms with Gasteiger partial charge in [0.15, 0.2) is 11.4 Å². The van der Waals surface area contributed by atoms with Crippen LogP contribution in [0.1, 0.15) is 37.1 Å². The molecule has 0 spiro atoms. The van der Waals surface area contributed by atoms with Crippen molar-refractivity contribution in [2.45, 2.75) is 32.2 Å². The molecule has 1 aromatic heterocycles. The Bertz CT molecular complexity index is 426. The number of hydrogen-bond donors (Lipinski definition) is 0. The molecule has 76 valence electrons. The van der Waals surface area contributed by atoms with Crippen LogP contribution in [0.15, 0.2) is 6.33 Å². The minimum Gasteiger partial charge on any atom is -0.321 e. The highest BCUT2D eigenvalue weighted by molar-refractivity contribution is 5.36. The van der Waals surface area contributed by atoms with Crippen molar-refractivity contribution < 1.29 is 0 Å². The molecule has 1 heterocycles. The van der Waals surface area contributed by atoms with E-state index in [0.717, 1.165) is 6.54 Å².